The molecule has 1 heterocycles. The van der Waals surface area contributed by atoms with E-state index in [1.807, 2.05) is 0 Å². The van der Waals surface area contributed by atoms with E-state index in [9.17, 15) is 17.9 Å². The average Bonchev–Trinajstić information content (AvgIpc) is 2.73. The van der Waals surface area contributed by atoms with Crippen molar-refractivity contribution in [2.45, 2.75) is 11.1 Å². The lowest BCUT2D eigenvalue weighted by Gasteiger charge is -2.08. The fourth-order valence-corrected chi connectivity index (χ4v) is 3.62. The molecule has 2 rings (SSSR count). The number of thiazole rings is 1. The number of aryl methyl sites for hydroxylation is 1. The first-order chi connectivity index (χ1) is 8.79. The van der Waals surface area contributed by atoms with E-state index in [1.165, 1.54) is 6.20 Å². The molecule has 0 bridgehead atoms. The number of rotatable bonds is 3. The summed E-state index contributed by atoms with van der Waals surface area (Å²) in [6, 6.07) is 1.73. The first-order valence-electron chi connectivity index (χ1n) is 4.93. The van der Waals surface area contributed by atoms with Gasteiger partial charge in [0.25, 0.3) is 10.0 Å². The monoisotopic (exact) mass is 322 g/mol. The maximum absolute atomic E-state index is 13.0. The molecule has 1 aromatic heterocycles. The molecule has 5 nitrogen and oxygen atoms in total. The van der Waals surface area contributed by atoms with Crippen molar-refractivity contribution in [3.63, 3.8) is 0 Å². The molecular weight excluding hydrogens is 315 g/mol. The predicted octanol–water partition coefficient (Wildman–Crippen LogP) is 2.75. The number of phenols is 1. The molecule has 0 aliphatic heterocycles. The summed E-state index contributed by atoms with van der Waals surface area (Å²) in [5, 5.41) is 9.78. The van der Waals surface area contributed by atoms with Gasteiger partial charge >= 0.3 is 0 Å². The molecule has 0 fully saturated rings. The summed E-state index contributed by atoms with van der Waals surface area (Å²) in [7, 11) is -3.88. The summed E-state index contributed by atoms with van der Waals surface area (Å²) < 4.78 is 39.1. The first-order valence-corrected chi connectivity index (χ1v) is 7.60. The van der Waals surface area contributed by atoms with Gasteiger partial charge in [0.1, 0.15) is 11.6 Å². The molecule has 9 heteroatoms. The van der Waals surface area contributed by atoms with Crippen molar-refractivity contribution in [1.29, 1.82) is 0 Å². The molecule has 0 aliphatic rings. The topological polar surface area (TPSA) is 79.3 Å². The second kappa shape index (κ2) is 4.95. The molecule has 2 N–H and O–H groups in total. The van der Waals surface area contributed by atoms with Crippen molar-refractivity contribution in [1.82, 2.24) is 4.98 Å². The molecule has 0 unspecified atom stereocenters. The van der Waals surface area contributed by atoms with Gasteiger partial charge in [-0.2, -0.15) is 0 Å². The lowest BCUT2D eigenvalue weighted by Crippen LogP contribution is -2.11. The molecule has 0 atom stereocenters. The minimum absolute atomic E-state index is 0.00940. The van der Waals surface area contributed by atoms with Crippen molar-refractivity contribution in [2.75, 3.05) is 4.72 Å². The number of phenolic OH excluding ortho intramolecular Hbond substituents is 1. The Bertz CT molecular complexity index is 730. The quantitative estimate of drug-likeness (QED) is 0.852. The Kier molecular flexibility index (Phi) is 3.66. The fraction of sp³-hybridized carbons (Fsp3) is 0.100. The second-order valence-electron chi connectivity index (χ2n) is 3.59. The van der Waals surface area contributed by atoms with Crippen LogP contribution in [0.5, 0.6) is 5.75 Å². The van der Waals surface area contributed by atoms with Gasteiger partial charge in [0.15, 0.2) is 4.21 Å². The second-order valence-corrected chi connectivity index (χ2v) is 7.14. The van der Waals surface area contributed by atoms with Crippen LogP contribution in [0.2, 0.25) is 5.02 Å². The Morgan fingerprint density at radius 2 is 2.16 bits per heavy atom. The molecule has 19 heavy (non-hydrogen) atoms. The summed E-state index contributed by atoms with van der Waals surface area (Å²) in [6.45, 7) is 1.66. The average molecular weight is 323 g/mol. The minimum Gasteiger partial charge on any atom is -0.506 e. The molecule has 2 aromatic rings. The number of anilines is 1. The van der Waals surface area contributed by atoms with Gasteiger partial charge in [-0.05, 0) is 13.0 Å². The van der Waals surface area contributed by atoms with E-state index in [-0.39, 0.29) is 14.9 Å². The van der Waals surface area contributed by atoms with Crippen molar-refractivity contribution in [2.24, 2.45) is 0 Å². The molecule has 102 valence electrons. The van der Waals surface area contributed by atoms with Crippen LogP contribution in [0.1, 0.15) is 5.01 Å². The SMILES string of the molecule is Cc1ncc(S(=O)(=O)Nc2cc(Cl)c(F)cc2O)s1. The number of aromatic hydroxyl groups is 1. The minimum atomic E-state index is -3.88. The molecule has 0 saturated heterocycles. The highest BCUT2D eigenvalue weighted by atomic mass is 35.5. The van der Waals surface area contributed by atoms with Crippen molar-refractivity contribution in [3.05, 3.63) is 34.2 Å². The number of halogens is 2. The summed E-state index contributed by atoms with van der Waals surface area (Å²) >= 11 is 6.51. The maximum atomic E-state index is 13.0. The zero-order valence-corrected chi connectivity index (χ0v) is 11.9. The number of sulfonamides is 1. The van der Waals surface area contributed by atoms with Crippen LogP contribution in [0, 0.1) is 12.7 Å². The standard InChI is InChI=1S/C10H8ClFN2O3S2/c1-5-13-4-10(18-5)19(16,17)14-8-2-6(11)7(12)3-9(8)15/h2-4,14-15H,1H3. The maximum Gasteiger partial charge on any atom is 0.273 e. The number of hydrogen-bond donors (Lipinski definition) is 2. The van der Waals surface area contributed by atoms with Gasteiger partial charge in [-0.15, -0.1) is 11.3 Å². The lowest BCUT2D eigenvalue weighted by atomic mass is 10.3. The van der Waals surface area contributed by atoms with E-state index in [0.29, 0.717) is 5.01 Å². The van der Waals surface area contributed by atoms with E-state index >= 15 is 0 Å². The van der Waals surface area contributed by atoms with Crippen molar-refractivity contribution < 1.29 is 17.9 Å². The summed E-state index contributed by atoms with van der Waals surface area (Å²) in [4.78, 5) is 3.83. The molecule has 0 radical (unpaired) electrons. The van der Waals surface area contributed by atoms with Crippen molar-refractivity contribution >= 4 is 38.6 Å². The Balaban J connectivity index is 2.38. The Morgan fingerprint density at radius 3 is 2.74 bits per heavy atom. The number of nitrogens with one attached hydrogen (secondary N) is 1. The molecule has 0 amide bonds. The normalized spacial score (nSPS) is 11.5. The van der Waals surface area contributed by atoms with E-state index < -0.39 is 21.6 Å². The zero-order chi connectivity index (χ0) is 14.2. The number of aromatic nitrogens is 1. The van der Waals surface area contributed by atoms with Gasteiger partial charge in [0.2, 0.25) is 0 Å². The predicted molar refractivity (Wildman–Crippen MR) is 70.7 cm³/mol. The van der Waals surface area contributed by atoms with E-state index in [4.69, 9.17) is 11.6 Å². The Hall–Kier alpha value is -1.38. The van der Waals surface area contributed by atoms with Gasteiger partial charge in [-0.3, -0.25) is 4.72 Å². The van der Waals surface area contributed by atoms with Gasteiger partial charge in [-0.25, -0.2) is 17.8 Å². The van der Waals surface area contributed by atoms with Crippen molar-refractivity contribution in [3.8, 4) is 5.75 Å². The van der Waals surface area contributed by atoms with Gasteiger partial charge in [0, 0.05) is 6.07 Å². The van der Waals surface area contributed by atoms with Crippen LogP contribution in [0.15, 0.2) is 22.5 Å². The first kappa shape index (κ1) is 14.0. The summed E-state index contributed by atoms with van der Waals surface area (Å²) in [6.07, 6.45) is 1.20. The summed E-state index contributed by atoms with van der Waals surface area (Å²) in [5.41, 5.74) is -0.197. The number of nitrogens with zero attached hydrogens (tertiary/aromatic N) is 1. The van der Waals surface area contributed by atoms with Crippen LogP contribution in [0.4, 0.5) is 10.1 Å². The fourth-order valence-electron chi connectivity index (χ4n) is 1.28. The van der Waals surface area contributed by atoms with Crippen LogP contribution in [0.25, 0.3) is 0 Å². The molecule has 0 saturated carbocycles. The highest BCUT2D eigenvalue weighted by Crippen LogP contribution is 2.31. The lowest BCUT2D eigenvalue weighted by molar-refractivity contribution is 0.471. The van der Waals surface area contributed by atoms with Crippen LogP contribution in [-0.2, 0) is 10.0 Å². The molecule has 0 spiro atoms. The molecule has 1 aromatic carbocycles. The van der Waals surface area contributed by atoms with E-state index in [0.717, 1.165) is 23.5 Å². The van der Waals surface area contributed by atoms with Crippen LogP contribution in [-0.4, -0.2) is 18.5 Å². The third kappa shape index (κ3) is 2.96. The largest absolute Gasteiger partial charge is 0.506 e. The molecular formula is C10H8ClFN2O3S2. The Morgan fingerprint density at radius 1 is 1.47 bits per heavy atom. The van der Waals surface area contributed by atoms with Gasteiger partial charge in [-0.1, -0.05) is 11.6 Å². The highest BCUT2D eigenvalue weighted by Gasteiger charge is 2.19. The van der Waals surface area contributed by atoms with Crippen LogP contribution >= 0.6 is 22.9 Å². The highest BCUT2D eigenvalue weighted by molar-refractivity contribution is 7.94. The van der Waals surface area contributed by atoms with Gasteiger partial charge in [0.05, 0.1) is 21.9 Å². The number of hydrogen-bond acceptors (Lipinski definition) is 5. The smallest absolute Gasteiger partial charge is 0.273 e. The van der Waals surface area contributed by atoms with E-state index in [1.54, 1.807) is 6.92 Å². The Labute approximate surface area is 117 Å². The number of benzene rings is 1. The molecule has 0 aliphatic carbocycles. The third-order valence-corrected chi connectivity index (χ3v) is 5.18. The third-order valence-electron chi connectivity index (χ3n) is 2.15. The van der Waals surface area contributed by atoms with Gasteiger partial charge < -0.3 is 5.11 Å². The van der Waals surface area contributed by atoms with Crippen LogP contribution < -0.4 is 4.72 Å². The van der Waals surface area contributed by atoms with Crippen LogP contribution in [0.3, 0.4) is 0 Å². The zero-order valence-electron chi connectivity index (χ0n) is 9.52. The van der Waals surface area contributed by atoms with E-state index in [2.05, 4.69) is 9.71 Å². The summed E-state index contributed by atoms with van der Waals surface area (Å²) in [5.74, 6) is -1.39.